The molecule has 2 rings (SSSR count). The van der Waals surface area contributed by atoms with Crippen molar-refractivity contribution in [3.05, 3.63) is 83.4 Å². The summed E-state index contributed by atoms with van der Waals surface area (Å²) in [6.07, 6.45) is 4.13. The van der Waals surface area contributed by atoms with Crippen LogP contribution in [-0.4, -0.2) is 101 Å². The molecule has 0 atom stereocenters. The molecule has 0 fully saturated rings. The molecule has 0 unspecified atom stereocenters. The lowest BCUT2D eigenvalue weighted by atomic mass is 10.1. The molecular formula is C39H58O16. The highest BCUT2D eigenvalue weighted by Crippen LogP contribution is 2.09. The molecule has 1 N–H and O–H groups in total. The molecule has 0 aliphatic carbocycles. The third-order valence-electron chi connectivity index (χ3n) is 5.29. The molecule has 0 bridgehead atoms. The minimum Gasteiger partial charge on any atom is -0.478 e. The van der Waals surface area contributed by atoms with E-state index in [2.05, 4.69) is 28.4 Å². The first-order valence-corrected chi connectivity index (χ1v) is 15.4. The monoisotopic (exact) mass is 782 g/mol. The average molecular weight is 783 g/mol. The van der Waals surface area contributed by atoms with E-state index < -0.39 is 17.9 Å². The highest BCUT2D eigenvalue weighted by atomic mass is 16.5. The number of methoxy groups -OCH3 is 6. The summed E-state index contributed by atoms with van der Waals surface area (Å²) >= 11 is 0. The van der Waals surface area contributed by atoms with Crippen LogP contribution in [0.2, 0.25) is 0 Å². The third kappa shape index (κ3) is 40.4. The van der Waals surface area contributed by atoms with Gasteiger partial charge < -0.3 is 38.3 Å². The number of hydrogen-bond donors (Lipinski definition) is 1. The largest absolute Gasteiger partial charge is 0.478 e. The smallest absolute Gasteiger partial charge is 0.338 e. The van der Waals surface area contributed by atoms with E-state index in [1.807, 2.05) is 13.0 Å². The molecule has 310 valence electrons. The Labute approximate surface area is 324 Å². The topological polar surface area (TPSA) is 229 Å². The fourth-order valence-electron chi connectivity index (χ4n) is 2.59. The van der Waals surface area contributed by atoms with E-state index in [0.29, 0.717) is 12.0 Å². The maximum absolute atomic E-state index is 11.1. The summed E-state index contributed by atoms with van der Waals surface area (Å²) in [6, 6.07) is 14.8. The Morgan fingerprint density at radius 1 is 0.545 bits per heavy atom. The van der Waals surface area contributed by atoms with Crippen LogP contribution in [0.1, 0.15) is 99.3 Å². The zero-order chi connectivity index (χ0) is 41.8. The van der Waals surface area contributed by atoms with E-state index in [1.54, 1.807) is 36.4 Å². The molecule has 0 heterocycles. The van der Waals surface area contributed by atoms with Crippen molar-refractivity contribution in [1.82, 2.24) is 0 Å². The number of carbonyl (C=O) groups excluding carboxylic acids is 8. The normalized spacial score (nSPS) is 8.47. The highest BCUT2D eigenvalue weighted by Gasteiger charge is 2.15. The van der Waals surface area contributed by atoms with Gasteiger partial charge in [-0.25, -0.2) is 19.2 Å². The van der Waals surface area contributed by atoms with E-state index in [0.717, 1.165) is 18.6 Å². The molecule has 0 saturated heterocycles. The van der Waals surface area contributed by atoms with Gasteiger partial charge in [-0.1, -0.05) is 52.1 Å². The second-order valence-corrected chi connectivity index (χ2v) is 9.47. The number of esters is 6. The summed E-state index contributed by atoms with van der Waals surface area (Å²) < 4.78 is 25.9. The van der Waals surface area contributed by atoms with Gasteiger partial charge in [-0.3, -0.25) is 19.2 Å². The summed E-state index contributed by atoms with van der Waals surface area (Å²) in [5.41, 5.74) is 0.608. The van der Waals surface area contributed by atoms with Crippen molar-refractivity contribution in [1.29, 1.82) is 0 Å². The number of aromatic carboxylic acids is 1. The van der Waals surface area contributed by atoms with E-state index in [-0.39, 0.29) is 74.3 Å². The summed E-state index contributed by atoms with van der Waals surface area (Å²) in [6.45, 7) is 6.11. The van der Waals surface area contributed by atoms with Crippen LogP contribution in [0.25, 0.3) is 0 Å². The van der Waals surface area contributed by atoms with Crippen molar-refractivity contribution in [3.63, 3.8) is 0 Å². The quantitative estimate of drug-likeness (QED) is 0.168. The maximum atomic E-state index is 11.1. The first kappa shape index (κ1) is 60.9. The molecule has 0 saturated carbocycles. The lowest BCUT2D eigenvalue weighted by Gasteiger charge is -2.02. The van der Waals surface area contributed by atoms with Crippen molar-refractivity contribution in [2.24, 2.45) is 0 Å². The molecule has 0 aliphatic heterocycles. The van der Waals surface area contributed by atoms with Crippen LogP contribution in [0.15, 0.2) is 66.7 Å². The molecule has 0 radical (unpaired) electrons. The van der Waals surface area contributed by atoms with E-state index in [4.69, 9.17) is 5.11 Å². The van der Waals surface area contributed by atoms with Crippen molar-refractivity contribution in [2.45, 2.75) is 68.2 Å². The Bertz CT molecular complexity index is 1450. The predicted octanol–water partition coefficient (Wildman–Crippen LogP) is 5.89. The number of carboxylic acids is 1. The number of carboxylic acid groups (broad SMARTS) is 1. The van der Waals surface area contributed by atoms with Crippen LogP contribution in [0.3, 0.4) is 0 Å². The van der Waals surface area contributed by atoms with Crippen molar-refractivity contribution < 1.29 is 76.7 Å². The van der Waals surface area contributed by atoms with Crippen molar-refractivity contribution in [2.75, 3.05) is 42.7 Å². The number of allylic oxidation sites excluding steroid dienone is 1. The molecule has 0 aromatic heterocycles. The predicted molar refractivity (Wildman–Crippen MR) is 204 cm³/mol. The Kier molecular flexibility index (Phi) is 44.9. The molecule has 0 spiro atoms. The van der Waals surface area contributed by atoms with Crippen LogP contribution in [-0.2, 0) is 57.2 Å². The number of hydrogen-bond acceptors (Lipinski definition) is 15. The SMILES string of the molecule is C.C.CCCC(=O)OC.COC(=O)/C=C/C(C)=O.COC(=O)CCC(C)=O.COC(=O)c1ccccc1.COC(=O)c1ccccc1C(=O)O.COC(C)=O. The molecule has 0 amide bonds. The van der Waals surface area contributed by atoms with Crippen LogP contribution < -0.4 is 0 Å². The summed E-state index contributed by atoms with van der Waals surface area (Å²) in [7, 11) is 7.89. The molecule has 55 heavy (non-hydrogen) atoms. The Morgan fingerprint density at radius 2 is 0.982 bits per heavy atom. The molecular weight excluding hydrogens is 724 g/mol. The molecule has 2 aromatic carbocycles. The number of carbonyl (C=O) groups is 9. The standard InChI is InChI=1S/C9H8O4.C8H8O2.C6H10O3.C6H8O3.C5H10O2.C3H6O2.2CH4/c1-13-9(12)7-5-3-2-4-6(7)8(10)11;1-10-8(9)7-5-3-2-4-6-7;2*1-5(7)3-4-6(8)9-2;1-3-4-5(6)7-2;1-3(4)5-2;;/h2-5H,1H3,(H,10,11);2-6H,1H3;3-4H2,1-2H3;3-4H,1-2H3;3-4H2,1-2H3;1-2H3;2*1H4/b;;;4-3+;;;;. The number of ether oxygens (including phenoxy) is 6. The van der Waals surface area contributed by atoms with Gasteiger partial charge in [0.25, 0.3) is 0 Å². The van der Waals surface area contributed by atoms with Crippen molar-refractivity contribution in [3.8, 4) is 0 Å². The Morgan fingerprint density at radius 3 is 1.31 bits per heavy atom. The number of Topliss-reactive ketones (excluding diaryl/α,β-unsaturated/α-hetero) is 1. The van der Waals surface area contributed by atoms with E-state index in [1.165, 1.54) is 75.6 Å². The van der Waals surface area contributed by atoms with Crippen LogP contribution in [0.5, 0.6) is 0 Å². The van der Waals surface area contributed by atoms with E-state index in [9.17, 15) is 43.2 Å². The summed E-state index contributed by atoms with van der Waals surface area (Å²) in [5, 5.41) is 8.70. The molecule has 2 aromatic rings. The second kappa shape index (κ2) is 40.6. The van der Waals surface area contributed by atoms with Gasteiger partial charge in [0, 0.05) is 25.8 Å². The van der Waals surface area contributed by atoms with Gasteiger partial charge in [0.1, 0.15) is 5.78 Å². The van der Waals surface area contributed by atoms with Gasteiger partial charge in [-0.05, 0) is 50.6 Å². The molecule has 16 nitrogen and oxygen atoms in total. The maximum Gasteiger partial charge on any atom is 0.338 e. The van der Waals surface area contributed by atoms with Gasteiger partial charge in [0.05, 0.1) is 65.8 Å². The van der Waals surface area contributed by atoms with Crippen molar-refractivity contribution >= 4 is 53.4 Å². The fourth-order valence-corrected chi connectivity index (χ4v) is 2.59. The summed E-state index contributed by atoms with van der Waals surface area (Å²) in [4.78, 5) is 93.3. The minimum atomic E-state index is -1.14. The Balaban J connectivity index is -0.000000133. The van der Waals surface area contributed by atoms with Gasteiger partial charge >= 0.3 is 41.8 Å². The lowest BCUT2D eigenvalue weighted by Crippen LogP contribution is -2.09. The van der Waals surface area contributed by atoms with Gasteiger partial charge in [0.2, 0.25) is 0 Å². The van der Waals surface area contributed by atoms with Crippen LogP contribution in [0.4, 0.5) is 0 Å². The van der Waals surface area contributed by atoms with Gasteiger partial charge in [-0.2, -0.15) is 0 Å². The Hall–Kier alpha value is -6.19. The fraction of sp³-hybridized carbons (Fsp3) is 0.410. The highest BCUT2D eigenvalue weighted by molar-refractivity contribution is 6.02. The molecule has 0 aliphatic rings. The zero-order valence-electron chi connectivity index (χ0n) is 31.8. The first-order chi connectivity index (χ1) is 24.9. The minimum absolute atomic E-state index is 0. The van der Waals surface area contributed by atoms with Crippen LogP contribution >= 0.6 is 0 Å². The number of ketones is 2. The molecule has 16 heteroatoms. The average Bonchev–Trinajstić information content (AvgIpc) is 3.16. The first-order valence-electron chi connectivity index (χ1n) is 15.4. The van der Waals surface area contributed by atoms with E-state index >= 15 is 0 Å². The number of benzene rings is 2. The summed E-state index contributed by atoms with van der Waals surface area (Å²) in [5.74, 6) is -3.43. The zero-order valence-corrected chi connectivity index (χ0v) is 31.8. The third-order valence-corrected chi connectivity index (χ3v) is 5.29. The van der Waals surface area contributed by atoms with Gasteiger partial charge in [0.15, 0.2) is 5.78 Å². The van der Waals surface area contributed by atoms with Crippen LogP contribution in [0, 0.1) is 0 Å². The second-order valence-electron chi connectivity index (χ2n) is 9.47. The number of rotatable bonds is 10. The van der Waals surface area contributed by atoms with Gasteiger partial charge in [-0.15, -0.1) is 0 Å². The lowest BCUT2D eigenvalue weighted by molar-refractivity contribution is -0.142.